The van der Waals surface area contributed by atoms with Crippen LogP contribution in [0, 0.1) is 0 Å². The van der Waals surface area contributed by atoms with Crippen LogP contribution >= 0.6 is 11.6 Å². The monoisotopic (exact) mass is 390 g/mol. The SMILES string of the molecule is CCC(C)NC(=O)CN1CCN(Cc2cc(-c3ccc(Cl)cc3)no2)CC1. The Kier molecular flexibility index (Phi) is 6.88. The van der Waals surface area contributed by atoms with Gasteiger partial charge in [0.15, 0.2) is 5.76 Å². The summed E-state index contributed by atoms with van der Waals surface area (Å²) in [6, 6.07) is 9.79. The number of halogens is 1. The number of piperazine rings is 1. The number of nitrogens with zero attached hydrogens (tertiary/aromatic N) is 3. The van der Waals surface area contributed by atoms with Gasteiger partial charge in [-0.2, -0.15) is 0 Å². The first-order valence-corrected chi connectivity index (χ1v) is 9.87. The first-order chi connectivity index (χ1) is 13.0. The van der Waals surface area contributed by atoms with Crippen molar-refractivity contribution in [2.24, 2.45) is 0 Å². The van der Waals surface area contributed by atoms with Gasteiger partial charge in [0.1, 0.15) is 5.69 Å². The summed E-state index contributed by atoms with van der Waals surface area (Å²) in [6.45, 7) is 8.89. The van der Waals surface area contributed by atoms with Gasteiger partial charge in [-0.25, -0.2) is 0 Å². The zero-order valence-electron chi connectivity index (χ0n) is 15.9. The summed E-state index contributed by atoms with van der Waals surface area (Å²) in [6.07, 6.45) is 0.953. The fourth-order valence-electron chi connectivity index (χ4n) is 3.10. The largest absolute Gasteiger partial charge is 0.359 e. The van der Waals surface area contributed by atoms with Crippen molar-refractivity contribution in [2.75, 3.05) is 32.7 Å². The molecule has 6 nitrogen and oxygen atoms in total. The molecule has 1 unspecified atom stereocenters. The number of nitrogens with one attached hydrogen (secondary N) is 1. The van der Waals surface area contributed by atoms with Gasteiger partial charge in [0, 0.05) is 48.9 Å². The highest BCUT2D eigenvalue weighted by molar-refractivity contribution is 6.30. The Morgan fingerprint density at radius 3 is 2.56 bits per heavy atom. The van der Waals surface area contributed by atoms with Gasteiger partial charge in [-0.05, 0) is 25.5 Å². The molecule has 1 amide bonds. The summed E-state index contributed by atoms with van der Waals surface area (Å²) < 4.78 is 5.50. The topological polar surface area (TPSA) is 61.6 Å². The summed E-state index contributed by atoms with van der Waals surface area (Å²) in [5.74, 6) is 0.962. The smallest absolute Gasteiger partial charge is 0.234 e. The average molecular weight is 391 g/mol. The van der Waals surface area contributed by atoms with E-state index in [1.807, 2.05) is 37.3 Å². The zero-order valence-corrected chi connectivity index (χ0v) is 16.7. The Bertz CT molecular complexity index is 739. The van der Waals surface area contributed by atoms with Crippen LogP contribution in [-0.2, 0) is 11.3 Å². The van der Waals surface area contributed by atoms with E-state index in [1.54, 1.807) is 0 Å². The molecule has 27 heavy (non-hydrogen) atoms. The van der Waals surface area contributed by atoms with Gasteiger partial charge in [-0.15, -0.1) is 0 Å². The van der Waals surface area contributed by atoms with E-state index < -0.39 is 0 Å². The van der Waals surface area contributed by atoms with Gasteiger partial charge in [-0.3, -0.25) is 14.6 Å². The second kappa shape index (κ2) is 9.35. The maximum atomic E-state index is 12.0. The maximum absolute atomic E-state index is 12.0. The molecular formula is C20H27ClN4O2. The highest BCUT2D eigenvalue weighted by Crippen LogP contribution is 2.22. The average Bonchev–Trinajstić information content (AvgIpc) is 3.12. The van der Waals surface area contributed by atoms with E-state index in [0.717, 1.165) is 56.2 Å². The fraction of sp³-hybridized carbons (Fsp3) is 0.500. The standard InChI is InChI=1S/C20H27ClN4O2/c1-3-15(2)22-20(26)14-25-10-8-24(9-11-25)13-18-12-19(23-27-18)16-4-6-17(21)7-5-16/h4-7,12,15H,3,8-11,13-14H2,1-2H3,(H,22,26). The van der Waals surface area contributed by atoms with Gasteiger partial charge in [-0.1, -0.05) is 35.8 Å². The van der Waals surface area contributed by atoms with Crippen molar-refractivity contribution in [3.8, 4) is 11.3 Å². The lowest BCUT2D eigenvalue weighted by Crippen LogP contribution is -2.49. The van der Waals surface area contributed by atoms with Gasteiger partial charge >= 0.3 is 0 Å². The zero-order chi connectivity index (χ0) is 19.2. The van der Waals surface area contributed by atoms with Crippen molar-refractivity contribution in [1.82, 2.24) is 20.3 Å². The molecule has 1 atom stereocenters. The lowest BCUT2D eigenvalue weighted by Gasteiger charge is -2.33. The number of hydrogen-bond acceptors (Lipinski definition) is 5. The molecule has 0 aliphatic carbocycles. The van der Waals surface area contributed by atoms with E-state index >= 15 is 0 Å². The van der Waals surface area contributed by atoms with E-state index in [2.05, 4.69) is 27.2 Å². The van der Waals surface area contributed by atoms with Crippen LogP contribution in [-0.4, -0.2) is 59.6 Å². The molecule has 1 saturated heterocycles. The van der Waals surface area contributed by atoms with Gasteiger partial charge < -0.3 is 9.84 Å². The Balaban J connectivity index is 1.45. The third-order valence-electron chi connectivity index (χ3n) is 4.93. The lowest BCUT2D eigenvalue weighted by atomic mass is 10.1. The molecule has 1 aliphatic heterocycles. The van der Waals surface area contributed by atoms with Crippen LogP contribution < -0.4 is 5.32 Å². The van der Waals surface area contributed by atoms with E-state index in [1.165, 1.54) is 0 Å². The van der Waals surface area contributed by atoms with Crippen molar-refractivity contribution in [1.29, 1.82) is 0 Å². The predicted molar refractivity (Wildman–Crippen MR) is 107 cm³/mol. The number of amides is 1. The van der Waals surface area contributed by atoms with Crippen LogP contribution in [0.4, 0.5) is 0 Å². The number of hydrogen-bond donors (Lipinski definition) is 1. The Hall–Kier alpha value is -1.89. The lowest BCUT2D eigenvalue weighted by molar-refractivity contribution is -0.123. The van der Waals surface area contributed by atoms with Crippen molar-refractivity contribution in [3.05, 3.63) is 41.1 Å². The molecule has 0 saturated carbocycles. The minimum Gasteiger partial charge on any atom is -0.359 e. The molecule has 2 aromatic rings. The van der Waals surface area contributed by atoms with Gasteiger partial charge in [0.25, 0.3) is 0 Å². The summed E-state index contributed by atoms with van der Waals surface area (Å²) >= 11 is 5.93. The summed E-state index contributed by atoms with van der Waals surface area (Å²) in [7, 11) is 0. The Morgan fingerprint density at radius 2 is 1.89 bits per heavy atom. The number of benzene rings is 1. The molecular weight excluding hydrogens is 364 g/mol. The second-order valence-electron chi connectivity index (χ2n) is 7.11. The summed E-state index contributed by atoms with van der Waals surface area (Å²) in [5, 5.41) is 7.89. The number of aromatic nitrogens is 1. The Morgan fingerprint density at radius 1 is 1.22 bits per heavy atom. The summed E-state index contributed by atoms with van der Waals surface area (Å²) in [4.78, 5) is 16.5. The molecule has 1 aromatic heterocycles. The third kappa shape index (κ3) is 5.79. The molecule has 1 aromatic carbocycles. The van der Waals surface area contributed by atoms with Crippen molar-refractivity contribution >= 4 is 17.5 Å². The molecule has 3 rings (SSSR count). The van der Waals surface area contributed by atoms with Crippen LogP contribution in [0.15, 0.2) is 34.9 Å². The van der Waals surface area contributed by atoms with Crippen LogP contribution in [0.1, 0.15) is 26.0 Å². The van der Waals surface area contributed by atoms with Crippen molar-refractivity contribution in [2.45, 2.75) is 32.9 Å². The molecule has 2 heterocycles. The van der Waals surface area contributed by atoms with Gasteiger partial charge in [0.05, 0.1) is 13.1 Å². The Labute approximate surface area is 165 Å². The van der Waals surface area contributed by atoms with E-state index in [9.17, 15) is 4.79 Å². The van der Waals surface area contributed by atoms with E-state index in [-0.39, 0.29) is 11.9 Å². The minimum atomic E-state index is 0.112. The van der Waals surface area contributed by atoms with Crippen LogP contribution in [0.2, 0.25) is 5.02 Å². The molecule has 0 bridgehead atoms. The molecule has 1 N–H and O–H groups in total. The van der Waals surface area contributed by atoms with Gasteiger partial charge in [0.2, 0.25) is 5.91 Å². The molecule has 0 spiro atoms. The first-order valence-electron chi connectivity index (χ1n) is 9.49. The predicted octanol–water partition coefficient (Wildman–Crippen LogP) is 3.03. The van der Waals surface area contributed by atoms with E-state index in [4.69, 9.17) is 16.1 Å². The molecule has 0 radical (unpaired) electrons. The molecule has 7 heteroatoms. The molecule has 1 aliphatic rings. The van der Waals surface area contributed by atoms with Crippen molar-refractivity contribution < 1.29 is 9.32 Å². The summed E-state index contributed by atoms with van der Waals surface area (Å²) in [5.41, 5.74) is 1.81. The maximum Gasteiger partial charge on any atom is 0.234 e. The quantitative estimate of drug-likeness (QED) is 0.787. The van der Waals surface area contributed by atoms with E-state index in [0.29, 0.717) is 11.6 Å². The molecule has 146 valence electrons. The second-order valence-corrected chi connectivity index (χ2v) is 7.55. The number of carbonyl (C=O) groups excluding carboxylic acids is 1. The highest BCUT2D eigenvalue weighted by Gasteiger charge is 2.20. The first kappa shape index (κ1) is 19.9. The highest BCUT2D eigenvalue weighted by atomic mass is 35.5. The normalized spacial score (nSPS) is 17.0. The van der Waals surface area contributed by atoms with Crippen molar-refractivity contribution in [3.63, 3.8) is 0 Å². The fourth-order valence-corrected chi connectivity index (χ4v) is 3.22. The van der Waals surface area contributed by atoms with Crippen LogP contribution in [0.5, 0.6) is 0 Å². The number of rotatable bonds is 7. The number of carbonyl (C=O) groups is 1. The van der Waals surface area contributed by atoms with Crippen LogP contribution in [0.3, 0.4) is 0 Å². The third-order valence-corrected chi connectivity index (χ3v) is 5.18. The van der Waals surface area contributed by atoms with Crippen LogP contribution in [0.25, 0.3) is 11.3 Å². The molecule has 1 fully saturated rings. The minimum absolute atomic E-state index is 0.112.